The van der Waals surface area contributed by atoms with Crippen LogP contribution in [0.1, 0.15) is 36.8 Å². The minimum Gasteiger partial charge on any atom is -0.376 e. The average molecular weight is 548 g/mol. The highest BCUT2D eigenvalue weighted by Crippen LogP contribution is 2.35. The number of fused-ring (bicyclic) bond motifs is 1. The van der Waals surface area contributed by atoms with Gasteiger partial charge in [0.2, 0.25) is 15.9 Å². The normalized spacial score (nSPS) is 19.7. The van der Waals surface area contributed by atoms with Crippen molar-refractivity contribution in [3.63, 3.8) is 0 Å². The Bertz CT molecular complexity index is 1360. The van der Waals surface area contributed by atoms with Crippen molar-refractivity contribution in [2.75, 3.05) is 31.1 Å². The van der Waals surface area contributed by atoms with Crippen LogP contribution in [-0.4, -0.2) is 56.0 Å². The third-order valence-corrected chi connectivity index (χ3v) is 10.2. The highest BCUT2D eigenvalue weighted by Gasteiger charge is 2.36. The number of ether oxygens (including phenoxy) is 1. The first kappa shape index (κ1) is 25.6. The summed E-state index contributed by atoms with van der Waals surface area (Å²) in [6, 6.07) is 10.7. The van der Waals surface area contributed by atoms with Crippen LogP contribution >= 0.6 is 22.9 Å². The highest BCUT2D eigenvalue weighted by atomic mass is 35.5. The van der Waals surface area contributed by atoms with Gasteiger partial charge in [0.25, 0.3) is 0 Å². The van der Waals surface area contributed by atoms with Crippen molar-refractivity contribution in [3.05, 3.63) is 52.5 Å². The van der Waals surface area contributed by atoms with E-state index < -0.39 is 10.0 Å². The van der Waals surface area contributed by atoms with E-state index in [0.717, 1.165) is 34.2 Å². The number of aryl methyl sites for hydroxylation is 2. The smallest absolute Gasteiger partial charge is 0.243 e. The summed E-state index contributed by atoms with van der Waals surface area (Å²) in [7, 11) is -3.58. The maximum Gasteiger partial charge on any atom is 0.243 e. The first-order valence-corrected chi connectivity index (χ1v) is 14.9. The molecule has 1 aromatic heterocycles. The largest absolute Gasteiger partial charge is 0.376 e. The Kier molecular flexibility index (Phi) is 7.38. The van der Waals surface area contributed by atoms with Gasteiger partial charge in [0.05, 0.1) is 27.8 Å². The molecule has 2 saturated heterocycles. The van der Waals surface area contributed by atoms with E-state index in [0.29, 0.717) is 54.1 Å². The first-order chi connectivity index (χ1) is 17.2. The lowest BCUT2D eigenvalue weighted by molar-refractivity contribution is -0.123. The van der Waals surface area contributed by atoms with Crippen LogP contribution in [0.25, 0.3) is 10.2 Å². The first-order valence-electron chi connectivity index (χ1n) is 12.3. The Morgan fingerprint density at radius 2 is 1.89 bits per heavy atom. The Morgan fingerprint density at radius 1 is 1.17 bits per heavy atom. The van der Waals surface area contributed by atoms with Gasteiger partial charge in [0.1, 0.15) is 0 Å². The number of thiazole rings is 1. The molecule has 0 N–H and O–H groups in total. The minimum absolute atomic E-state index is 0.0133. The number of rotatable bonds is 6. The Morgan fingerprint density at radius 3 is 2.56 bits per heavy atom. The Hall–Kier alpha value is -2.04. The third-order valence-electron chi connectivity index (χ3n) is 7.01. The Balaban J connectivity index is 1.35. The molecular weight excluding hydrogens is 518 g/mol. The molecule has 1 amide bonds. The predicted molar refractivity (Wildman–Crippen MR) is 143 cm³/mol. The van der Waals surface area contributed by atoms with Crippen molar-refractivity contribution in [1.82, 2.24) is 9.29 Å². The van der Waals surface area contributed by atoms with Crippen LogP contribution in [0.2, 0.25) is 5.02 Å². The standard InChI is InChI=1S/C26H30ClN3O4S2/c1-17-5-7-22(8-6-17)36(32,33)29-11-9-19(10-12-29)25(31)30(16-21-4-3-13-34-21)26-28-24-18(2)14-20(27)15-23(24)35-26/h5-8,14-15,19,21H,3-4,9-13,16H2,1-2H3. The van der Waals surface area contributed by atoms with E-state index in [1.54, 1.807) is 29.2 Å². The fourth-order valence-electron chi connectivity index (χ4n) is 4.94. The number of piperidine rings is 1. The number of benzene rings is 2. The van der Waals surface area contributed by atoms with Crippen molar-refractivity contribution in [3.8, 4) is 0 Å². The molecule has 0 bridgehead atoms. The summed E-state index contributed by atoms with van der Waals surface area (Å²) in [5.41, 5.74) is 2.83. The highest BCUT2D eigenvalue weighted by molar-refractivity contribution is 7.89. The second kappa shape index (κ2) is 10.4. The summed E-state index contributed by atoms with van der Waals surface area (Å²) < 4.78 is 34.5. The number of nitrogens with zero attached hydrogens (tertiary/aromatic N) is 3. The van der Waals surface area contributed by atoms with Gasteiger partial charge in [-0.25, -0.2) is 13.4 Å². The van der Waals surface area contributed by atoms with Gasteiger partial charge < -0.3 is 4.74 Å². The summed E-state index contributed by atoms with van der Waals surface area (Å²) in [5, 5.41) is 1.29. The molecular formula is C26H30ClN3O4S2. The summed E-state index contributed by atoms with van der Waals surface area (Å²) >= 11 is 7.72. The van der Waals surface area contributed by atoms with Crippen LogP contribution in [0.4, 0.5) is 5.13 Å². The summed E-state index contributed by atoms with van der Waals surface area (Å²) in [6.45, 7) is 5.68. The Labute approximate surface area is 221 Å². The van der Waals surface area contributed by atoms with Crippen LogP contribution in [0.15, 0.2) is 41.3 Å². The van der Waals surface area contributed by atoms with Gasteiger partial charge in [-0.2, -0.15) is 4.31 Å². The molecule has 36 heavy (non-hydrogen) atoms. The van der Waals surface area contributed by atoms with E-state index in [-0.39, 0.29) is 17.9 Å². The van der Waals surface area contributed by atoms with Crippen molar-refractivity contribution >= 4 is 54.2 Å². The van der Waals surface area contributed by atoms with E-state index in [1.165, 1.54) is 15.6 Å². The summed E-state index contributed by atoms with van der Waals surface area (Å²) in [6.07, 6.45) is 2.82. The second-order valence-corrected chi connectivity index (χ2v) is 13.0. The van der Waals surface area contributed by atoms with Crippen LogP contribution in [0.5, 0.6) is 0 Å². The van der Waals surface area contributed by atoms with E-state index in [2.05, 4.69) is 0 Å². The average Bonchev–Trinajstić information content (AvgIpc) is 3.52. The molecule has 3 heterocycles. The molecule has 2 aromatic carbocycles. The number of carbonyl (C=O) groups is 1. The number of sulfonamides is 1. The van der Waals surface area contributed by atoms with Crippen LogP contribution in [-0.2, 0) is 19.6 Å². The molecule has 5 rings (SSSR count). The molecule has 192 valence electrons. The summed E-state index contributed by atoms with van der Waals surface area (Å²) in [5.74, 6) is -0.284. The second-order valence-electron chi connectivity index (χ2n) is 9.64. The zero-order chi connectivity index (χ0) is 25.4. The fraction of sp³-hybridized carbons (Fsp3) is 0.462. The van der Waals surface area contributed by atoms with Crippen LogP contribution < -0.4 is 4.90 Å². The number of halogens is 1. The van der Waals surface area contributed by atoms with Crippen molar-refractivity contribution < 1.29 is 17.9 Å². The molecule has 2 aliphatic heterocycles. The third kappa shape index (κ3) is 5.17. The molecule has 2 aliphatic rings. The monoisotopic (exact) mass is 547 g/mol. The molecule has 1 unspecified atom stereocenters. The van der Waals surface area contributed by atoms with Gasteiger partial charge in [0, 0.05) is 30.6 Å². The van der Waals surface area contributed by atoms with Gasteiger partial charge in [-0.1, -0.05) is 40.6 Å². The topological polar surface area (TPSA) is 79.8 Å². The predicted octanol–water partition coefficient (Wildman–Crippen LogP) is 5.18. The molecule has 2 fully saturated rings. The minimum atomic E-state index is -3.58. The van der Waals surface area contributed by atoms with Gasteiger partial charge in [-0.15, -0.1) is 0 Å². The maximum atomic E-state index is 13.8. The molecule has 10 heteroatoms. The zero-order valence-electron chi connectivity index (χ0n) is 20.4. The molecule has 0 spiro atoms. The quantitative estimate of drug-likeness (QED) is 0.425. The number of amides is 1. The van der Waals surface area contributed by atoms with E-state index in [1.807, 2.05) is 26.0 Å². The number of carbonyl (C=O) groups excluding carboxylic acids is 1. The van der Waals surface area contributed by atoms with Crippen molar-refractivity contribution in [2.45, 2.75) is 50.5 Å². The van der Waals surface area contributed by atoms with Crippen LogP contribution in [0.3, 0.4) is 0 Å². The molecule has 1 atom stereocenters. The molecule has 3 aromatic rings. The zero-order valence-corrected chi connectivity index (χ0v) is 22.8. The number of hydrogen-bond acceptors (Lipinski definition) is 6. The maximum absolute atomic E-state index is 13.8. The molecule has 7 nitrogen and oxygen atoms in total. The van der Waals surface area contributed by atoms with Gasteiger partial charge in [-0.3, -0.25) is 9.69 Å². The van der Waals surface area contributed by atoms with Gasteiger partial charge >= 0.3 is 0 Å². The fourth-order valence-corrected chi connectivity index (χ4v) is 7.84. The lowest BCUT2D eigenvalue weighted by Crippen LogP contribution is -2.46. The number of anilines is 1. The number of hydrogen-bond donors (Lipinski definition) is 0. The molecule has 0 saturated carbocycles. The number of aromatic nitrogens is 1. The van der Waals surface area contributed by atoms with Crippen molar-refractivity contribution in [2.24, 2.45) is 5.92 Å². The molecule has 0 radical (unpaired) electrons. The van der Waals surface area contributed by atoms with Crippen LogP contribution in [0, 0.1) is 19.8 Å². The van der Waals surface area contributed by atoms with Crippen molar-refractivity contribution in [1.29, 1.82) is 0 Å². The van der Waals surface area contributed by atoms with E-state index >= 15 is 0 Å². The lowest BCUT2D eigenvalue weighted by atomic mass is 9.96. The van der Waals surface area contributed by atoms with Gasteiger partial charge in [-0.05, 0) is 69.4 Å². The molecule has 0 aliphatic carbocycles. The van der Waals surface area contributed by atoms with E-state index in [4.69, 9.17) is 21.3 Å². The lowest BCUT2D eigenvalue weighted by Gasteiger charge is -2.33. The SMILES string of the molecule is Cc1ccc(S(=O)(=O)N2CCC(C(=O)N(CC3CCCO3)c3nc4c(C)cc(Cl)cc4s3)CC2)cc1. The van der Waals surface area contributed by atoms with Gasteiger partial charge in [0.15, 0.2) is 5.13 Å². The van der Waals surface area contributed by atoms with E-state index in [9.17, 15) is 13.2 Å². The summed E-state index contributed by atoms with van der Waals surface area (Å²) in [4.78, 5) is 20.7.